The van der Waals surface area contributed by atoms with E-state index in [4.69, 9.17) is 21.3 Å². The Labute approximate surface area is 117 Å². The van der Waals surface area contributed by atoms with Gasteiger partial charge < -0.3 is 4.74 Å². The lowest BCUT2D eigenvalue weighted by Crippen LogP contribution is -2.03. The molecule has 0 spiro atoms. The van der Waals surface area contributed by atoms with Crippen LogP contribution in [0.25, 0.3) is 0 Å². The highest BCUT2D eigenvalue weighted by molar-refractivity contribution is 6.30. The van der Waals surface area contributed by atoms with Crippen LogP contribution in [-0.4, -0.2) is 12.5 Å². The molecule has 0 aliphatic carbocycles. The fraction of sp³-hybridized carbons (Fsp3) is 0.188. The molecule has 0 saturated carbocycles. The van der Waals surface area contributed by atoms with Crippen LogP contribution < -0.4 is 0 Å². The Bertz CT molecular complexity index is 619. The van der Waals surface area contributed by atoms with Gasteiger partial charge in [-0.05, 0) is 36.2 Å². The lowest BCUT2D eigenvalue weighted by molar-refractivity contribution is 0.328. The molecule has 96 valence electrons. The second-order valence-corrected chi connectivity index (χ2v) is 4.85. The topological polar surface area (TPSA) is 21.6 Å². The first-order valence-electron chi connectivity index (χ1n) is 6.35. The van der Waals surface area contributed by atoms with Gasteiger partial charge in [-0.1, -0.05) is 41.9 Å². The van der Waals surface area contributed by atoms with Crippen LogP contribution in [0.5, 0.6) is 0 Å². The lowest BCUT2D eigenvalue weighted by Gasteiger charge is -2.09. The van der Waals surface area contributed by atoms with E-state index in [0.29, 0.717) is 6.61 Å². The number of benzene rings is 2. The molecule has 2 nitrogen and oxygen atoms in total. The molecule has 0 amide bonds. The highest BCUT2D eigenvalue weighted by Crippen LogP contribution is 2.35. The second kappa shape index (κ2) is 5.06. The summed E-state index contributed by atoms with van der Waals surface area (Å²) in [7, 11) is 0. The van der Waals surface area contributed by atoms with Crippen molar-refractivity contribution in [2.45, 2.75) is 13.0 Å². The van der Waals surface area contributed by atoms with Gasteiger partial charge in [0, 0.05) is 10.6 Å². The number of hydrogen-bond donors (Lipinski definition) is 0. The van der Waals surface area contributed by atoms with Crippen molar-refractivity contribution < 1.29 is 4.74 Å². The largest absolute Gasteiger partial charge is 0.478 e. The molecule has 0 bridgehead atoms. The van der Waals surface area contributed by atoms with Crippen LogP contribution in [0, 0.1) is 0 Å². The highest BCUT2D eigenvalue weighted by atomic mass is 35.5. The van der Waals surface area contributed by atoms with Crippen molar-refractivity contribution >= 4 is 17.5 Å². The maximum Gasteiger partial charge on any atom is 0.217 e. The van der Waals surface area contributed by atoms with E-state index in [2.05, 4.69) is 12.1 Å². The van der Waals surface area contributed by atoms with Gasteiger partial charge in [-0.2, -0.15) is 0 Å². The van der Waals surface area contributed by atoms with Gasteiger partial charge in [0.1, 0.15) is 6.04 Å². The minimum Gasteiger partial charge on any atom is -0.478 e. The summed E-state index contributed by atoms with van der Waals surface area (Å²) in [5.41, 5.74) is 3.41. The molecule has 0 saturated heterocycles. The van der Waals surface area contributed by atoms with Gasteiger partial charge in [0.25, 0.3) is 0 Å². The van der Waals surface area contributed by atoms with Crippen LogP contribution in [0.3, 0.4) is 0 Å². The van der Waals surface area contributed by atoms with Crippen molar-refractivity contribution in [3.05, 3.63) is 70.2 Å². The number of aliphatic imine (C=N–C) groups is 1. The molecule has 1 atom stereocenters. The van der Waals surface area contributed by atoms with E-state index in [1.165, 1.54) is 5.56 Å². The summed E-state index contributed by atoms with van der Waals surface area (Å²) in [4.78, 5) is 4.70. The molecular weight excluding hydrogens is 258 g/mol. The van der Waals surface area contributed by atoms with Crippen LogP contribution in [0.1, 0.15) is 29.7 Å². The maximum absolute atomic E-state index is 5.94. The van der Waals surface area contributed by atoms with E-state index < -0.39 is 0 Å². The average molecular weight is 272 g/mol. The van der Waals surface area contributed by atoms with E-state index in [9.17, 15) is 0 Å². The molecule has 3 heteroatoms. The first-order valence-corrected chi connectivity index (χ1v) is 6.72. The molecule has 0 aromatic heterocycles. The quantitative estimate of drug-likeness (QED) is 0.801. The van der Waals surface area contributed by atoms with Crippen LogP contribution >= 0.6 is 11.6 Å². The SMILES string of the molecule is CCOC1=N[C@H](c2ccc(Cl)cc2)c2ccccc21. The Morgan fingerprint density at radius 3 is 2.58 bits per heavy atom. The second-order valence-electron chi connectivity index (χ2n) is 4.41. The van der Waals surface area contributed by atoms with Crippen LogP contribution in [0.15, 0.2) is 53.5 Å². The predicted molar refractivity (Wildman–Crippen MR) is 77.9 cm³/mol. The summed E-state index contributed by atoms with van der Waals surface area (Å²) in [6.45, 7) is 2.60. The number of hydrogen-bond acceptors (Lipinski definition) is 2. The Hall–Kier alpha value is -1.80. The monoisotopic (exact) mass is 271 g/mol. The van der Waals surface area contributed by atoms with Crippen LogP contribution in [-0.2, 0) is 4.74 Å². The predicted octanol–water partition coefficient (Wildman–Crippen LogP) is 4.23. The molecule has 0 N–H and O–H groups in total. The summed E-state index contributed by atoms with van der Waals surface area (Å²) in [5.74, 6) is 0.734. The molecular formula is C16H14ClNO. The zero-order chi connectivity index (χ0) is 13.2. The van der Waals surface area contributed by atoms with Crippen LogP contribution in [0.4, 0.5) is 0 Å². The van der Waals surface area contributed by atoms with Crippen molar-refractivity contribution in [1.29, 1.82) is 0 Å². The zero-order valence-corrected chi connectivity index (χ0v) is 11.4. The third kappa shape index (κ3) is 2.24. The first-order chi connectivity index (χ1) is 9.29. The number of ether oxygens (including phenoxy) is 1. The fourth-order valence-electron chi connectivity index (χ4n) is 2.34. The molecule has 2 aromatic rings. The molecule has 1 aliphatic rings. The Balaban J connectivity index is 2.05. The summed E-state index contributed by atoms with van der Waals surface area (Å²) in [6, 6.07) is 16.0. The Morgan fingerprint density at radius 2 is 1.84 bits per heavy atom. The molecule has 3 rings (SSSR count). The van der Waals surface area contributed by atoms with E-state index in [1.807, 2.05) is 43.3 Å². The smallest absolute Gasteiger partial charge is 0.217 e. The highest BCUT2D eigenvalue weighted by Gasteiger charge is 2.26. The van der Waals surface area contributed by atoms with Gasteiger partial charge >= 0.3 is 0 Å². The summed E-state index contributed by atoms with van der Waals surface area (Å²) in [5, 5.41) is 0.740. The third-order valence-electron chi connectivity index (χ3n) is 3.20. The van der Waals surface area contributed by atoms with Gasteiger partial charge in [0.05, 0.1) is 6.61 Å². The summed E-state index contributed by atoms with van der Waals surface area (Å²) in [6.07, 6.45) is 0. The van der Waals surface area contributed by atoms with Gasteiger partial charge in [0.15, 0.2) is 0 Å². The summed E-state index contributed by atoms with van der Waals surface area (Å²) >= 11 is 5.94. The molecule has 0 radical (unpaired) electrons. The van der Waals surface area contributed by atoms with E-state index >= 15 is 0 Å². The summed E-state index contributed by atoms with van der Waals surface area (Å²) < 4.78 is 5.63. The third-order valence-corrected chi connectivity index (χ3v) is 3.45. The van der Waals surface area contributed by atoms with Crippen molar-refractivity contribution in [2.24, 2.45) is 4.99 Å². The number of rotatable bonds is 2. The minimum atomic E-state index is 0.00927. The van der Waals surface area contributed by atoms with E-state index in [-0.39, 0.29) is 6.04 Å². The molecule has 0 unspecified atom stereocenters. The minimum absolute atomic E-state index is 0.00927. The zero-order valence-electron chi connectivity index (χ0n) is 10.6. The van der Waals surface area contributed by atoms with Gasteiger partial charge in [-0.25, -0.2) is 4.99 Å². The molecule has 19 heavy (non-hydrogen) atoms. The lowest BCUT2D eigenvalue weighted by atomic mass is 9.98. The van der Waals surface area contributed by atoms with Crippen molar-refractivity contribution in [2.75, 3.05) is 6.61 Å². The van der Waals surface area contributed by atoms with Gasteiger partial charge in [-0.15, -0.1) is 0 Å². The normalized spacial score (nSPS) is 16.9. The Kier molecular flexibility index (Phi) is 3.26. The fourth-order valence-corrected chi connectivity index (χ4v) is 2.46. The molecule has 1 heterocycles. The number of halogens is 1. The van der Waals surface area contributed by atoms with Crippen molar-refractivity contribution in [3.8, 4) is 0 Å². The number of fused-ring (bicyclic) bond motifs is 1. The first kappa shape index (κ1) is 12.2. The molecule has 2 aromatic carbocycles. The maximum atomic E-state index is 5.94. The van der Waals surface area contributed by atoms with Gasteiger partial charge in [-0.3, -0.25) is 0 Å². The van der Waals surface area contributed by atoms with Crippen molar-refractivity contribution in [3.63, 3.8) is 0 Å². The standard InChI is InChI=1S/C16H14ClNO/c1-2-19-16-14-6-4-3-5-13(14)15(18-16)11-7-9-12(17)10-8-11/h3-10,15H,2H2,1H3/t15-/m1/s1. The van der Waals surface area contributed by atoms with Gasteiger partial charge in [0.2, 0.25) is 5.90 Å². The van der Waals surface area contributed by atoms with E-state index in [0.717, 1.165) is 22.0 Å². The molecule has 1 aliphatic heterocycles. The van der Waals surface area contributed by atoms with Crippen molar-refractivity contribution in [1.82, 2.24) is 0 Å². The van der Waals surface area contributed by atoms with E-state index in [1.54, 1.807) is 0 Å². The Morgan fingerprint density at radius 1 is 1.11 bits per heavy atom. The van der Waals surface area contributed by atoms with Crippen LogP contribution in [0.2, 0.25) is 5.02 Å². The number of nitrogens with zero attached hydrogens (tertiary/aromatic N) is 1. The average Bonchev–Trinajstić information content (AvgIpc) is 2.80. The molecule has 0 fully saturated rings.